The molecular formula is C44H36N2. The highest BCUT2D eigenvalue weighted by Crippen LogP contribution is 2.38. The lowest BCUT2D eigenvalue weighted by Crippen LogP contribution is -2.10. The minimum absolute atomic E-state index is 1.12. The number of aryl methyl sites for hydroxylation is 2. The summed E-state index contributed by atoms with van der Waals surface area (Å²) in [4.78, 5) is 4.62. The Hall–Kier alpha value is -5.86. The first-order chi connectivity index (χ1) is 22.6. The van der Waals surface area contributed by atoms with Crippen LogP contribution in [0.5, 0.6) is 0 Å². The van der Waals surface area contributed by atoms with Crippen LogP contribution in [0.25, 0.3) is 22.3 Å². The van der Waals surface area contributed by atoms with E-state index in [1.54, 1.807) is 0 Å². The van der Waals surface area contributed by atoms with Gasteiger partial charge in [-0.15, -0.1) is 0 Å². The Balaban J connectivity index is 1.18. The topological polar surface area (TPSA) is 6.48 Å². The molecule has 0 amide bonds. The first-order valence-corrected chi connectivity index (χ1v) is 15.8. The third-order valence-electron chi connectivity index (χ3n) is 8.38. The summed E-state index contributed by atoms with van der Waals surface area (Å²) in [5.74, 6) is 0. The van der Waals surface area contributed by atoms with Crippen LogP contribution in [-0.2, 0) is 0 Å². The van der Waals surface area contributed by atoms with Crippen LogP contribution in [0.15, 0.2) is 182 Å². The maximum Gasteiger partial charge on any atom is 0.0464 e. The molecule has 7 rings (SSSR count). The Kier molecular flexibility index (Phi) is 8.17. The van der Waals surface area contributed by atoms with E-state index in [4.69, 9.17) is 0 Å². The lowest BCUT2D eigenvalue weighted by molar-refractivity contribution is 1.27. The van der Waals surface area contributed by atoms with E-state index < -0.39 is 0 Å². The number of anilines is 6. The molecule has 222 valence electrons. The maximum atomic E-state index is 2.31. The van der Waals surface area contributed by atoms with E-state index in [9.17, 15) is 0 Å². The van der Waals surface area contributed by atoms with Crippen molar-refractivity contribution in [2.75, 3.05) is 9.80 Å². The lowest BCUT2D eigenvalue weighted by Gasteiger charge is -2.26. The maximum absolute atomic E-state index is 2.31. The molecule has 0 bridgehead atoms. The summed E-state index contributed by atoms with van der Waals surface area (Å²) in [5.41, 5.74) is 14.1. The number of hydrogen-bond acceptors (Lipinski definition) is 2. The standard InChI is InChI=1S/C44H36N2/c1-33-16-18-35(19-17-33)36-20-26-41(27-21-36)45(39-11-5-3-6-12-39)42-28-22-37(23-29-42)38-24-30-43(31-25-38)46(40-13-7-4-8-14-40)44-15-9-10-34(2)32-44/h3-32H,1-2H3. The Bertz CT molecular complexity index is 2010. The summed E-state index contributed by atoms with van der Waals surface area (Å²) >= 11 is 0. The monoisotopic (exact) mass is 592 g/mol. The fourth-order valence-electron chi connectivity index (χ4n) is 5.97. The zero-order chi connectivity index (χ0) is 31.3. The van der Waals surface area contributed by atoms with Crippen molar-refractivity contribution in [3.8, 4) is 22.3 Å². The molecule has 0 saturated carbocycles. The predicted molar refractivity (Wildman–Crippen MR) is 196 cm³/mol. The van der Waals surface area contributed by atoms with Gasteiger partial charge in [0.05, 0.1) is 0 Å². The SMILES string of the molecule is Cc1ccc(-c2ccc(N(c3ccccc3)c3ccc(-c4ccc(N(c5ccccc5)c5cccc(C)c5)cc4)cc3)cc2)cc1. The van der Waals surface area contributed by atoms with Gasteiger partial charge in [0.25, 0.3) is 0 Å². The largest absolute Gasteiger partial charge is 0.311 e. The van der Waals surface area contributed by atoms with Gasteiger partial charge in [0.2, 0.25) is 0 Å². The van der Waals surface area contributed by atoms with Crippen molar-refractivity contribution in [1.82, 2.24) is 0 Å². The fourth-order valence-corrected chi connectivity index (χ4v) is 5.97. The minimum Gasteiger partial charge on any atom is -0.311 e. The van der Waals surface area contributed by atoms with E-state index in [1.807, 2.05) is 0 Å². The van der Waals surface area contributed by atoms with E-state index in [0.717, 1.165) is 34.1 Å². The second kappa shape index (κ2) is 13.0. The van der Waals surface area contributed by atoms with Crippen molar-refractivity contribution in [1.29, 1.82) is 0 Å². The quantitative estimate of drug-likeness (QED) is 0.173. The molecule has 0 unspecified atom stereocenters. The normalized spacial score (nSPS) is 10.8. The van der Waals surface area contributed by atoms with Crippen molar-refractivity contribution in [3.63, 3.8) is 0 Å². The summed E-state index contributed by atoms with van der Waals surface area (Å²) < 4.78 is 0. The second-order valence-electron chi connectivity index (χ2n) is 11.7. The summed E-state index contributed by atoms with van der Waals surface area (Å²) in [6, 6.07) is 65.0. The Labute approximate surface area is 272 Å². The van der Waals surface area contributed by atoms with Gasteiger partial charge in [-0.05, 0) is 114 Å². The number of hydrogen-bond donors (Lipinski definition) is 0. The zero-order valence-corrected chi connectivity index (χ0v) is 26.2. The van der Waals surface area contributed by atoms with E-state index >= 15 is 0 Å². The average molecular weight is 593 g/mol. The van der Waals surface area contributed by atoms with Crippen LogP contribution >= 0.6 is 0 Å². The molecule has 0 spiro atoms. The molecular weight excluding hydrogens is 556 g/mol. The van der Waals surface area contributed by atoms with E-state index in [2.05, 4.69) is 206 Å². The Morgan fingerprint density at radius 1 is 0.261 bits per heavy atom. The zero-order valence-electron chi connectivity index (χ0n) is 26.2. The molecule has 7 aromatic rings. The second-order valence-corrected chi connectivity index (χ2v) is 11.7. The summed E-state index contributed by atoms with van der Waals surface area (Å²) in [7, 11) is 0. The number of benzene rings is 7. The molecule has 0 radical (unpaired) electrons. The highest BCUT2D eigenvalue weighted by molar-refractivity contribution is 5.81. The first-order valence-electron chi connectivity index (χ1n) is 15.8. The van der Waals surface area contributed by atoms with Gasteiger partial charge in [-0.1, -0.05) is 115 Å². The van der Waals surface area contributed by atoms with Crippen LogP contribution in [0.2, 0.25) is 0 Å². The predicted octanol–water partition coefficient (Wildman–Crippen LogP) is 12.6. The summed E-state index contributed by atoms with van der Waals surface area (Å²) in [6.45, 7) is 4.26. The number of para-hydroxylation sites is 2. The van der Waals surface area contributed by atoms with Gasteiger partial charge in [0, 0.05) is 34.1 Å². The van der Waals surface area contributed by atoms with E-state index in [-0.39, 0.29) is 0 Å². The van der Waals surface area contributed by atoms with Crippen molar-refractivity contribution in [2.24, 2.45) is 0 Å². The molecule has 0 fully saturated rings. The van der Waals surface area contributed by atoms with Crippen molar-refractivity contribution >= 4 is 34.1 Å². The average Bonchev–Trinajstić information content (AvgIpc) is 3.11. The molecule has 46 heavy (non-hydrogen) atoms. The van der Waals surface area contributed by atoms with Crippen molar-refractivity contribution < 1.29 is 0 Å². The Morgan fingerprint density at radius 3 is 0.978 bits per heavy atom. The Morgan fingerprint density at radius 2 is 0.587 bits per heavy atom. The minimum atomic E-state index is 1.12. The van der Waals surface area contributed by atoms with Gasteiger partial charge in [-0.3, -0.25) is 0 Å². The van der Waals surface area contributed by atoms with Crippen LogP contribution in [0.3, 0.4) is 0 Å². The molecule has 0 aliphatic carbocycles. The van der Waals surface area contributed by atoms with Gasteiger partial charge in [0.1, 0.15) is 0 Å². The molecule has 0 atom stereocenters. The summed E-state index contributed by atoms with van der Waals surface area (Å²) in [6.07, 6.45) is 0. The lowest BCUT2D eigenvalue weighted by atomic mass is 10.0. The molecule has 0 N–H and O–H groups in total. The van der Waals surface area contributed by atoms with Crippen molar-refractivity contribution in [3.05, 3.63) is 193 Å². The first kappa shape index (κ1) is 28.9. The smallest absolute Gasteiger partial charge is 0.0464 e. The molecule has 0 aliphatic heterocycles. The fraction of sp³-hybridized carbons (Fsp3) is 0.0455. The third-order valence-corrected chi connectivity index (χ3v) is 8.38. The molecule has 0 aromatic heterocycles. The molecule has 0 aliphatic rings. The highest BCUT2D eigenvalue weighted by atomic mass is 15.1. The van der Waals surface area contributed by atoms with Crippen molar-refractivity contribution in [2.45, 2.75) is 13.8 Å². The molecule has 0 heterocycles. The van der Waals surface area contributed by atoms with E-state index in [1.165, 1.54) is 33.4 Å². The highest BCUT2D eigenvalue weighted by Gasteiger charge is 2.15. The summed E-state index contributed by atoms with van der Waals surface area (Å²) in [5, 5.41) is 0. The van der Waals surface area contributed by atoms with Crippen LogP contribution in [-0.4, -0.2) is 0 Å². The third kappa shape index (κ3) is 6.20. The van der Waals surface area contributed by atoms with Gasteiger partial charge in [0.15, 0.2) is 0 Å². The molecule has 2 nitrogen and oxygen atoms in total. The molecule has 7 aromatic carbocycles. The van der Waals surface area contributed by atoms with Crippen LogP contribution in [0.1, 0.15) is 11.1 Å². The van der Waals surface area contributed by atoms with E-state index in [0.29, 0.717) is 0 Å². The van der Waals surface area contributed by atoms with Gasteiger partial charge >= 0.3 is 0 Å². The molecule has 0 saturated heterocycles. The van der Waals surface area contributed by atoms with Crippen LogP contribution < -0.4 is 9.80 Å². The van der Waals surface area contributed by atoms with Gasteiger partial charge < -0.3 is 9.80 Å². The van der Waals surface area contributed by atoms with Gasteiger partial charge in [-0.2, -0.15) is 0 Å². The van der Waals surface area contributed by atoms with Crippen LogP contribution in [0, 0.1) is 13.8 Å². The molecule has 2 heteroatoms. The number of rotatable bonds is 8. The van der Waals surface area contributed by atoms with Crippen LogP contribution in [0.4, 0.5) is 34.1 Å². The number of nitrogens with zero attached hydrogens (tertiary/aromatic N) is 2. The van der Waals surface area contributed by atoms with Gasteiger partial charge in [-0.25, -0.2) is 0 Å².